The van der Waals surface area contributed by atoms with Crippen molar-refractivity contribution in [3.8, 4) is 0 Å². The molecule has 1 aromatic carbocycles. The summed E-state index contributed by atoms with van der Waals surface area (Å²) in [6.45, 7) is 1.99. The Kier molecular flexibility index (Phi) is 3.21. The van der Waals surface area contributed by atoms with E-state index in [2.05, 4.69) is 19.9 Å². The molecule has 0 unspecified atom stereocenters. The number of H-pyrrole nitrogens is 1. The highest BCUT2D eigenvalue weighted by atomic mass is 32.2. The molecule has 0 amide bonds. The molecule has 0 bridgehead atoms. The Hall–Kier alpha value is -1.73. The molecule has 0 fully saturated rings. The molecule has 17 heavy (non-hydrogen) atoms. The Morgan fingerprint density at radius 2 is 2.00 bits per heavy atom. The van der Waals surface area contributed by atoms with Gasteiger partial charge >= 0.3 is 0 Å². The van der Waals surface area contributed by atoms with Crippen molar-refractivity contribution in [1.82, 2.24) is 19.9 Å². The van der Waals surface area contributed by atoms with Crippen LogP contribution in [0.3, 0.4) is 0 Å². The van der Waals surface area contributed by atoms with Gasteiger partial charge in [-0.2, -0.15) is 5.10 Å². The molecular weight excluding hydrogens is 240 g/mol. The minimum absolute atomic E-state index is 0.0935. The van der Waals surface area contributed by atoms with Crippen molar-refractivity contribution < 1.29 is 8.42 Å². The number of rotatable bonds is 4. The fourth-order valence-corrected chi connectivity index (χ4v) is 2.27. The average Bonchev–Trinajstić information content (AvgIpc) is 2.80. The number of aromatic amines is 1. The number of hydrogen-bond donors (Lipinski definition) is 2. The summed E-state index contributed by atoms with van der Waals surface area (Å²) < 4.78 is 26.2. The van der Waals surface area contributed by atoms with E-state index in [0.29, 0.717) is 5.82 Å². The lowest BCUT2D eigenvalue weighted by Crippen LogP contribution is -2.23. The third kappa shape index (κ3) is 2.89. The topological polar surface area (TPSA) is 87.7 Å². The highest BCUT2D eigenvalue weighted by Crippen LogP contribution is 2.09. The minimum Gasteiger partial charge on any atom is -0.262 e. The van der Waals surface area contributed by atoms with Gasteiger partial charge in [-0.15, -0.1) is 0 Å². The third-order valence-corrected chi connectivity index (χ3v) is 3.64. The highest BCUT2D eigenvalue weighted by molar-refractivity contribution is 7.89. The van der Waals surface area contributed by atoms with Crippen LogP contribution < -0.4 is 4.72 Å². The summed E-state index contributed by atoms with van der Waals surface area (Å²) in [4.78, 5) is 4.07. The molecule has 6 nitrogen and oxygen atoms in total. The second kappa shape index (κ2) is 4.64. The van der Waals surface area contributed by atoms with Gasteiger partial charge < -0.3 is 0 Å². The van der Waals surface area contributed by atoms with E-state index in [0.717, 1.165) is 5.56 Å². The number of nitrogens with zero attached hydrogens (tertiary/aromatic N) is 2. The summed E-state index contributed by atoms with van der Waals surface area (Å²) in [6, 6.07) is 6.64. The largest absolute Gasteiger partial charge is 0.262 e. The maximum Gasteiger partial charge on any atom is 0.240 e. The van der Waals surface area contributed by atoms with Crippen LogP contribution in [-0.4, -0.2) is 23.6 Å². The number of benzene rings is 1. The van der Waals surface area contributed by atoms with Crippen molar-refractivity contribution in [3.05, 3.63) is 42.0 Å². The van der Waals surface area contributed by atoms with Gasteiger partial charge in [0.05, 0.1) is 11.4 Å². The van der Waals surface area contributed by atoms with Crippen LogP contribution in [0.1, 0.15) is 11.4 Å². The molecule has 2 aromatic rings. The Morgan fingerprint density at radius 3 is 2.59 bits per heavy atom. The Balaban J connectivity index is 2.11. The van der Waals surface area contributed by atoms with Gasteiger partial charge in [0.2, 0.25) is 10.0 Å². The predicted molar refractivity (Wildman–Crippen MR) is 61.6 cm³/mol. The van der Waals surface area contributed by atoms with Gasteiger partial charge in [-0.25, -0.2) is 18.1 Å². The molecule has 0 aliphatic carbocycles. The zero-order valence-electron chi connectivity index (χ0n) is 9.21. The van der Waals surface area contributed by atoms with Gasteiger partial charge in [0.15, 0.2) is 0 Å². The number of nitrogens with one attached hydrogen (secondary N) is 2. The van der Waals surface area contributed by atoms with E-state index in [4.69, 9.17) is 0 Å². The van der Waals surface area contributed by atoms with Crippen molar-refractivity contribution in [1.29, 1.82) is 0 Å². The standard InChI is InChI=1S/C10H12N4O2S/c1-8-2-4-9(5-3-8)17(15,16)13-6-10-11-7-12-14-10/h2-5,7,13H,6H2,1H3,(H,11,12,14). The molecule has 0 aliphatic heterocycles. The van der Waals surface area contributed by atoms with Crippen LogP contribution in [0.4, 0.5) is 0 Å². The van der Waals surface area contributed by atoms with Gasteiger partial charge in [-0.3, -0.25) is 5.10 Å². The molecule has 0 saturated carbocycles. The molecule has 90 valence electrons. The molecule has 0 spiro atoms. The number of aromatic nitrogens is 3. The molecule has 1 aromatic heterocycles. The fourth-order valence-electron chi connectivity index (χ4n) is 1.28. The van der Waals surface area contributed by atoms with Gasteiger partial charge in [0, 0.05) is 0 Å². The normalized spacial score (nSPS) is 11.6. The van der Waals surface area contributed by atoms with Crippen molar-refractivity contribution in [2.75, 3.05) is 0 Å². The number of hydrogen-bond acceptors (Lipinski definition) is 4. The number of aryl methyl sites for hydroxylation is 1. The van der Waals surface area contributed by atoms with Crippen molar-refractivity contribution in [2.24, 2.45) is 0 Å². The molecule has 0 aliphatic rings. The van der Waals surface area contributed by atoms with Crippen LogP contribution in [0.5, 0.6) is 0 Å². The zero-order chi connectivity index (χ0) is 12.3. The third-order valence-electron chi connectivity index (χ3n) is 2.23. The highest BCUT2D eigenvalue weighted by Gasteiger charge is 2.13. The second-order valence-electron chi connectivity index (χ2n) is 3.57. The maximum atomic E-state index is 11.9. The lowest BCUT2D eigenvalue weighted by atomic mass is 10.2. The molecule has 0 atom stereocenters. The summed E-state index contributed by atoms with van der Waals surface area (Å²) in [5, 5.41) is 6.22. The first-order valence-electron chi connectivity index (χ1n) is 4.98. The molecule has 7 heteroatoms. The van der Waals surface area contributed by atoms with E-state index in [9.17, 15) is 8.42 Å². The summed E-state index contributed by atoms with van der Waals surface area (Å²) in [5.41, 5.74) is 1.01. The quantitative estimate of drug-likeness (QED) is 0.833. The van der Waals surface area contributed by atoms with Crippen molar-refractivity contribution in [3.63, 3.8) is 0 Å². The summed E-state index contributed by atoms with van der Waals surface area (Å²) in [5.74, 6) is 0.473. The van der Waals surface area contributed by atoms with Crippen LogP contribution in [0.2, 0.25) is 0 Å². The number of sulfonamides is 1. The summed E-state index contributed by atoms with van der Waals surface area (Å²) >= 11 is 0. The monoisotopic (exact) mass is 252 g/mol. The molecule has 1 heterocycles. The van der Waals surface area contributed by atoms with E-state index in [1.165, 1.54) is 6.33 Å². The van der Waals surface area contributed by atoms with Gasteiger partial charge in [0.1, 0.15) is 12.2 Å². The van der Waals surface area contributed by atoms with Crippen LogP contribution >= 0.6 is 0 Å². The Morgan fingerprint density at radius 1 is 1.29 bits per heavy atom. The molecule has 0 saturated heterocycles. The molecule has 2 N–H and O–H groups in total. The van der Waals surface area contributed by atoms with E-state index in [1.807, 2.05) is 6.92 Å². The fraction of sp³-hybridized carbons (Fsp3) is 0.200. The predicted octanol–water partition coefficient (Wildman–Crippen LogP) is 0.592. The van der Waals surface area contributed by atoms with Gasteiger partial charge in [-0.05, 0) is 19.1 Å². The van der Waals surface area contributed by atoms with Crippen LogP contribution in [0, 0.1) is 6.92 Å². The van der Waals surface area contributed by atoms with Crippen molar-refractivity contribution >= 4 is 10.0 Å². The summed E-state index contributed by atoms with van der Waals surface area (Å²) in [6.07, 6.45) is 1.33. The maximum absolute atomic E-state index is 11.9. The average molecular weight is 252 g/mol. The van der Waals surface area contributed by atoms with E-state index < -0.39 is 10.0 Å². The van der Waals surface area contributed by atoms with E-state index in [-0.39, 0.29) is 11.4 Å². The first-order chi connectivity index (χ1) is 8.08. The van der Waals surface area contributed by atoms with Gasteiger partial charge in [0.25, 0.3) is 0 Å². The Labute approximate surface area is 99.1 Å². The second-order valence-corrected chi connectivity index (χ2v) is 5.34. The molecule has 2 rings (SSSR count). The zero-order valence-corrected chi connectivity index (χ0v) is 10.0. The lowest BCUT2D eigenvalue weighted by Gasteiger charge is -2.05. The lowest BCUT2D eigenvalue weighted by molar-refractivity contribution is 0.579. The van der Waals surface area contributed by atoms with Gasteiger partial charge in [-0.1, -0.05) is 17.7 Å². The first kappa shape index (κ1) is 11.7. The Bertz CT molecular complexity index is 575. The van der Waals surface area contributed by atoms with Crippen LogP contribution in [0.25, 0.3) is 0 Å². The SMILES string of the molecule is Cc1ccc(S(=O)(=O)NCc2ncn[nH]2)cc1. The molecule has 0 radical (unpaired) electrons. The van der Waals surface area contributed by atoms with E-state index in [1.54, 1.807) is 24.3 Å². The minimum atomic E-state index is -3.49. The van der Waals surface area contributed by atoms with Crippen LogP contribution in [-0.2, 0) is 16.6 Å². The van der Waals surface area contributed by atoms with Crippen molar-refractivity contribution in [2.45, 2.75) is 18.4 Å². The molecular formula is C10H12N4O2S. The smallest absolute Gasteiger partial charge is 0.240 e. The van der Waals surface area contributed by atoms with Crippen LogP contribution in [0.15, 0.2) is 35.5 Å². The van der Waals surface area contributed by atoms with E-state index >= 15 is 0 Å². The summed E-state index contributed by atoms with van der Waals surface area (Å²) in [7, 11) is -3.49. The first-order valence-corrected chi connectivity index (χ1v) is 6.47.